The summed E-state index contributed by atoms with van der Waals surface area (Å²) in [5, 5.41) is 7.95. The number of anilines is 1. The highest BCUT2D eigenvalue weighted by Crippen LogP contribution is 2.33. The van der Waals surface area contributed by atoms with Crippen molar-refractivity contribution in [1.82, 2.24) is 10.3 Å². The Balaban J connectivity index is 1.40. The van der Waals surface area contributed by atoms with Gasteiger partial charge in [0, 0.05) is 34.4 Å². The third-order valence-corrected chi connectivity index (χ3v) is 5.75. The number of carbonyl (C=O) groups excluding carboxylic acids is 1. The average molecular weight is 381 g/mol. The second-order valence-corrected chi connectivity index (χ2v) is 7.59. The van der Waals surface area contributed by atoms with Crippen LogP contribution in [0.1, 0.15) is 38.8 Å². The lowest BCUT2D eigenvalue weighted by molar-refractivity contribution is 0.102. The van der Waals surface area contributed by atoms with E-state index >= 15 is 0 Å². The largest absolute Gasteiger partial charge is 0.357 e. The smallest absolute Gasteiger partial charge is 0.255 e. The first-order valence-electron chi connectivity index (χ1n) is 10.0. The van der Waals surface area contributed by atoms with Crippen molar-refractivity contribution >= 4 is 22.5 Å². The van der Waals surface area contributed by atoms with Crippen LogP contribution in [0.3, 0.4) is 0 Å². The number of hydrogen-bond acceptors (Lipinski definition) is 2. The van der Waals surface area contributed by atoms with E-state index in [2.05, 4.69) is 52.0 Å². The standard InChI is InChI=1S/C25H23N3O/c1-16-6-2-3-7-19(16)25(29)27-18-12-10-17(11-13-18)23-24-21(14-15-26-23)20-8-4-5-9-22(20)28-24/h2-13,23,26,28H,14-15H2,1H3,(H,27,29). The van der Waals surface area contributed by atoms with Crippen LogP contribution >= 0.6 is 0 Å². The molecule has 0 bridgehead atoms. The summed E-state index contributed by atoms with van der Waals surface area (Å²) in [7, 11) is 0. The van der Waals surface area contributed by atoms with Gasteiger partial charge in [-0.3, -0.25) is 4.79 Å². The monoisotopic (exact) mass is 381 g/mol. The van der Waals surface area contributed by atoms with Gasteiger partial charge in [-0.1, -0.05) is 48.5 Å². The molecule has 1 aliphatic rings. The molecule has 0 aliphatic carbocycles. The Kier molecular flexibility index (Phi) is 4.41. The molecule has 0 spiro atoms. The van der Waals surface area contributed by atoms with E-state index in [9.17, 15) is 4.79 Å². The Hall–Kier alpha value is -3.37. The van der Waals surface area contributed by atoms with Crippen LogP contribution in [0.5, 0.6) is 0 Å². The predicted molar refractivity (Wildman–Crippen MR) is 117 cm³/mol. The number of rotatable bonds is 3. The summed E-state index contributed by atoms with van der Waals surface area (Å²) >= 11 is 0. The molecule has 1 unspecified atom stereocenters. The summed E-state index contributed by atoms with van der Waals surface area (Å²) in [4.78, 5) is 16.2. The summed E-state index contributed by atoms with van der Waals surface area (Å²) in [6, 6.07) is 24.4. The number of carbonyl (C=O) groups is 1. The molecule has 4 aromatic rings. The van der Waals surface area contributed by atoms with Crippen LogP contribution in [0.2, 0.25) is 0 Å². The van der Waals surface area contributed by atoms with Crippen molar-refractivity contribution < 1.29 is 4.79 Å². The third kappa shape index (κ3) is 3.22. The molecule has 4 heteroatoms. The van der Waals surface area contributed by atoms with Crippen LogP contribution in [-0.2, 0) is 6.42 Å². The van der Waals surface area contributed by atoms with E-state index in [1.165, 1.54) is 27.7 Å². The topological polar surface area (TPSA) is 56.9 Å². The molecule has 1 atom stereocenters. The number of aryl methyl sites for hydroxylation is 1. The number of benzene rings is 3. The third-order valence-electron chi connectivity index (χ3n) is 5.75. The van der Waals surface area contributed by atoms with Gasteiger partial charge >= 0.3 is 0 Å². The summed E-state index contributed by atoms with van der Waals surface area (Å²) in [5.41, 5.74) is 7.50. The van der Waals surface area contributed by atoms with E-state index in [-0.39, 0.29) is 11.9 Å². The maximum Gasteiger partial charge on any atom is 0.255 e. The van der Waals surface area contributed by atoms with E-state index in [4.69, 9.17) is 0 Å². The molecule has 0 fully saturated rings. The number of aromatic nitrogens is 1. The van der Waals surface area contributed by atoms with E-state index < -0.39 is 0 Å². The van der Waals surface area contributed by atoms with Crippen molar-refractivity contribution in [1.29, 1.82) is 0 Å². The SMILES string of the molecule is Cc1ccccc1C(=O)Nc1ccc(C2NCCc3c2[nH]c2ccccc32)cc1. The van der Waals surface area contributed by atoms with Gasteiger partial charge in [0.05, 0.1) is 6.04 Å². The van der Waals surface area contributed by atoms with Gasteiger partial charge in [-0.25, -0.2) is 0 Å². The summed E-state index contributed by atoms with van der Waals surface area (Å²) < 4.78 is 0. The number of amides is 1. The van der Waals surface area contributed by atoms with Crippen LogP contribution in [0.25, 0.3) is 10.9 Å². The van der Waals surface area contributed by atoms with Crippen LogP contribution in [0, 0.1) is 6.92 Å². The number of aromatic amines is 1. The highest BCUT2D eigenvalue weighted by Gasteiger charge is 2.25. The van der Waals surface area contributed by atoms with E-state index in [0.717, 1.165) is 24.2 Å². The molecule has 0 radical (unpaired) electrons. The highest BCUT2D eigenvalue weighted by molar-refractivity contribution is 6.05. The van der Waals surface area contributed by atoms with Crippen LogP contribution in [-0.4, -0.2) is 17.4 Å². The van der Waals surface area contributed by atoms with Gasteiger partial charge in [0.25, 0.3) is 5.91 Å². The van der Waals surface area contributed by atoms with E-state index in [1.54, 1.807) is 0 Å². The van der Waals surface area contributed by atoms with Crippen molar-refractivity contribution in [2.24, 2.45) is 0 Å². The Morgan fingerprint density at radius 3 is 2.55 bits per heavy atom. The Bertz CT molecular complexity index is 1190. The van der Waals surface area contributed by atoms with Gasteiger partial charge in [0.2, 0.25) is 0 Å². The average Bonchev–Trinajstić information content (AvgIpc) is 3.13. The number of fused-ring (bicyclic) bond motifs is 3. The molecular weight excluding hydrogens is 358 g/mol. The van der Waals surface area contributed by atoms with Crippen molar-refractivity contribution in [3.63, 3.8) is 0 Å². The zero-order valence-electron chi connectivity index (χ0n) is 16.3. The summed E-state index contributed by atoms with van der Waals surface area (Å²) in [6.45, 7) is 2.90. The number of H-pyrrole nitrogens is 1. The number of hydrogen-bond donors (Lipinski definition) is 3. The van der Waals surface area contributed by atoms with Gasteiger partial charge in [0.15, 0.2) is 0 Å². The van der Waals surface area contributed by atoms with Crippen molar-refractivity contribution in [2.75, 3.05) is 11.9 Å². The Morgan fingerprint density at radius 2 is 1.72 bits per heavy atom. The lowest BCUT2D eigenvalue weighted by Gasteiger charge is -2.25. The maximum atomic E-state index is 12.6. The first kappa shape index (κ1) is 17.7. The molecule has 0 saturated heterocycles. The first-order valence-corrected chi connectivity index (χ1v) is 10.0. The quantitative estimate of drug-likeness (QED) is 0.470. The zero-order valence-corrected chi connectivity index (χ0v) is 16.3. The predicted octanol–water partition coefficient (Wildman–Crippen LogP) is 4.96. The molecule has 29 heavy (non-hydrogen) atoms. The molecule has 144 valence electrons. The normalized spacial score (nSPS) is 15.8. The lowest BCUT2D eigenvalue weighted by Crippen LogP contribution is -2.30. The molecule has 5 rings (SSSR count). The van der Waals surface area contributed by atoms with Gasteiger partial charge < -0.3 is 15.6 Å². The molecule has 1 amide bonds. The molecule has 1 aliphatic heterocycles. The fourth-order valence-electron chi connectivity index (χ4n) is 4.25. The summed E-state index contributed by atoms with van der Waals surface area (Å²) in [5.74, 6) is -0.0791. The van der Waals surface area contributed by atoms with Crippen LogP contribution in [0.15, 0.2) is 72.8 Å². The van der Waals surface area contributed by atoms with E-state index in [1.807, 2.05) is 43.3 Å². The summed E-state index contributed by atoms with van der Waals surface area (Å²) in [6.07, 6.45) is 1.03. The minimum atomic E-state index is -0.0791. The second-order valence-electron chi connectivity index (χ2n) is 7.59. The highest BCUT2D eigenvalue weighted by atomic mass is 16.1. The molecule has 1 aromatic heterocycles. The van der Waals surface area contributed by atoms with Crippen LogP contribution in [0.4, 0.5) is 5.69 Å². The lowest BCUT2D eigenvalue weighted by atomic mass is 9.94. The van der Waals surface area contributed by atoms with Crippen molar-refractivity contribution in [3.8, 4) is 0 Å². The minimum absolute atomic E-state index is 0.0791. The Morgan fingerprint density at radius 1 is 0.966 bits per heavy atom. The molecule has 2 heterocycles. The number of para-hydroxylation sites is 1. The van der Waals surface area contributed by atoms with Gasteiger partial charge in [-0.15, -0.1) is 0 Å². The Labute approximate surface area is 170 Å². The van der Waals surface area contributed by atoms with E-state index in [0.29, 0.717) is 5.56 Å². The van der Waals surface area contributed by atoms with Crippen molar-refractivity contribution in [3.05, 3.63) is 101 Å². The van der Waals surface area contributed by atoms with Gasteiger partial charge in [0.1, 0.15) is 0 Å². The number of nitrogens with one attached hydrogen (secondary N) is 3. The second kappa shape index (κ2) is 7.22. The molecule has 0 saturated carbocycles. The fourth-order valence-corrected chi connectivity index (χ4v) is 4.25. The zero-order chi connectivity index (χ0) is 19.8. The molecule has 3 aromatic carbocycles. The minimum Gasteiger partial charge on any atom is -0.357 e. The van der Waals surface area contributed by atoms with Crippen LogP contribution < -0.4 is 10.6 Å². The molecular formula is C25H23N3O. The molecule has 3 N–H and O–H groups in total. The maximum absolute atomic E-state index is 12.6. The van der Waals surface area contributed by atoms with Gasteiger partial charge in [-0.05, 0) is 54.3 Å². The fraction of sp³-hybridized carbons (Fsp3) is 0.160. The first-order chi connectivity index (χ1) is 14.2. The van der Waals surface area contributed by atoms with Gasteiger partial charge in [-0.2, -0.15) is 0 Å². The molecule has 4 nitrogen and oxygen atoms in total. The van der Waals surface area contributed by atoms with Crippen molar-refractivity contribution in [2.45, 2.75) is 19.4 Å².